The van der Waals surface area contributed by atoms with Crippen LogP contribution in [0.15, 0.2) is 0 Å². The maximum atomic E-state index is 12.9. The molecule has 0 spiro atoms. The van der Waals surface area contributed by atoms with Gasteiger partial charge in [0.25, 0.3) is 0 Å². The smallest absolute Gasteiger partial charge is 0.370 e. The van der Waals surface area contributed by atoms with Gasteiger partial charge in [-0.3, -0.25) is 19.7 Å². The van der Waals surface area contributed by atoms with E-state index >= 15 is 0 Å². The third-order valence-corrected chi connectivity index (χ3v) is 5.58. The third-order valence-electron chi connectivity index (χ3n) is 5.17. The number of amides is 3. The van der Waals surface area contributed by atoms with Gasteiger partial charge in [-0.25, -0.2) is 0 Å². The van der Waals surface area contributed by atoms with Crippen molar-refractivity contribution in [3.05, 3.63) is 0 Å². The molecule has 3 atom stereocenters. The van der Waals surface area contributed by atoms with Crippen molar-refractivity contribution in [3.63, 3.8) is 0 Å². The predicted octanol–water partition coefficient (Wildman–Crippen LogP) is -1.72. The van der Waals surface area contributed by atoms with Gasteiger partial charge in [0.1, 0.15) is 12.1 Å². The fourth-order valence-corrected chi connectivity index (χ4v) is 4.38. The van der Waals surface area contributed by atoms with E-state index < -0.39 is 45.3 Å². The lowest BCUT2D eigenvalue weighted by atomic mass is 10.0. The minimum atomic E-state index is -5.03. The molecule has 0 aromatic heterocycles. The molecular weight excluding hydrogens is 384 g/mol. The van der Waals surface area contributed by atoms with E-state index in [0.717, 1.165) is 4.90 Å². The van der Waals surface area contributed by atoms with Gasteiger partial charge in [0.15, 0.2) is 12.0 Å². The first-order chi connectivity index (χ1) is 12.5. The molecule has 152 valence electrons. The maximum Gasteiger partial charge on any atom is 0.488 e. The number of nitrogens with two attached hydrogens (primary N) is 2. The van der Waals surface area contributed by atoms with E-state index in [0.29, 0.717) is 25.9 Å². The SMILES string of the molecule is N=C(N)N1CCC(O[N+]2(OS(=O)(=O)O)C(=O)N3CC2CC[C@H]3C(N)=O)CC1. The van der Waals surface area contributed by atoms with E-state index in [9.17, 15) is 22.6 Å². The number of carbonyl (C=O) groups excluding carboxylic acids is 2. The molecule has 0 aromatic rings. The maximum absolute atomic E-state index is 12.9. The van der Waals surface area contributed by atoms with E-state index in [4.69, 9.17) is 26.0 Å². The van der Waals surface area contributed by atoms with E-state index in [2.05, 4.69) is 0 Å². The number of rotatable bonds is 5. The average molecular weight is 407 g/mol. The highest BCUT2D eigenvalue weighted by Gasteiger charge is 2.67. The minimum absolute atomic E-state index is 0.0221. The second-order valence-electron chi connectivity index (χ2n) is 6.86. The van der Waals surface area contributed by atoms with Gasteiger partial charge in [-0.15, -0.1) is 0 Å². The van der Waals surface area contributed by atoms with Gasteiger partial charge in [0.05, 0.1) is 11.4 Å². The Kier molecular flexibility index (Phi) is 5.02. The molecule has 3 saturated heterocycles. The van der Waals surface area contributed by atoms with E-state index in [1.165, 1.54) is 0 Å². The first kappa shape index (κ1) is 19.8. The zero-order valence-electron chi connectivity index (χ0n) is 14.5. The number of likely N-dealkylation sites (tertiary alicyclic amines) is 1. The Morgan fingerprint density at radius 2 is 1.85 bits per heavy atom. The van der Waals surface area contributed by atoms with Gasteiger partial charge in [-0.2, -0.15) is 18.0 Å². The molecule has 3 aliphatic rings. The van der Waals surface area contributed by atoms with Crippen molar-refractivity contribution in [2.45, 2.75) is 43.9 Å². The Labute approximate surface area is 155 Å². The summed E-state index contributed by atoms with van der Waals surface area (Å²) in [6.45, 7) is 0.797. The highest BCUT2D eigenvalue weighted by Crippen LogP contribution is 2.39. The molecule has 14 heteroatoms. The minimum Gasteiger partial charge on any atom is -0.370 e. The number of urea groups is 1. The molecule has 3 fully saturated rings. The Morgan fingerprint density at radius 1 is 1.22 bits per heavy atom. The van der Waals surface area contributed by atoms with E-state index in [-0.39, 0.29) is 25.3 Å². The van der Waals surface area contributed by atoms with E-state index in [1.807, 2.05) is 0 Å². The Bertz CT molecular complexity index is 752. The third kappa shape index (κ3) is 3.70. The fourth-order valence-electron chi connectivity index (χ4n) is 3.88. The van der Waals surface area contributed by atoms with Crippen LogP contribution < -0.4 is 11.5 Å². The molecule has 6 N–H and O–H groups in total. The molecule has 0 saturated carbocycles. The number of nitrogens with one attached hydrogen (secondary N) is 1. The highest BCUT2D eigenvalue weighted by molar-refractivity contribution is 7.80. The largest absolute Gasteiger partial charge is 0.488 e. The van der Waals surface area contributed by atoms with Crippen molar-refractivity contribution in [2.75, 3.05) is 19.6 Å². The monoisotopic (exact) mass is 407 g/mol. The summed E-state index contributed by atoms with van der Waals surface area (Å²) < 4.78 is 36.9. The number of hydroxylamine groups is 4. The van der Waals surface area contributed by atoms with Crippen molar-refractivity contribution in [1.82, 2.24) is 9.80 Å². The molecule has 0 radical (unpaired) electrons. The Morgan fingerprint density at radius 3 is 2.37 bits per heavy atom. The molecule has 2 bridgehead atoms. The number of carbonyl (C=O) groups is 2. The number of primary amides is 1. The number of hydrogen-bond acceptors (Lipinski definition) is 7. The molecule has 0 aromatic carbocycles. The quantitative estimate of drug-likeness (QED) is 0.178. The van der Waals surface area contributed by atoms with Gasteiger partial charge in [0.2, 0.25) is 5.91 Å². The van der Waals surface area contributed by atoms with Crippen molar-refractivity contribution in [1.29, 1.82) is 5.41 Å². The zero-order chi connectivity index (χ0) is 20.0. The number of guanidine groups is 1. The molecule has 2 unspecified atom stereocenters. The summed E-state index contributed by atoms with van der Waals surface area (Å²) in [5.74, 6) is -0.793. The number of piperidine rings is 2. The molecule has 3 heterocycles. The summed E-state index contributed by atoms with van der Waals surface area (Å²) in [6.07, 6.45) is 0.657. The van der Waals surface area contributed by atoms with Gasteiger partial charge in [0, 0.05) is 23.8 Å². The Balaban J connectivity index is 1.85. The van der Waals surface area contributed by atoms with Crippen LogP contribution in [0.3, 0.4) is 0 Å². The summed E-state index contributed by atoms with van der Waals surface area (Å²) in [6, 6.07) is -2.52. The molecular formula is C13H23N6O7S+. The first-order valence-electron chi connectivity index (χ1n) is 8.48. The zero-order valence-corrected chi connectivity index (χ0v) is 15.3. The summed E-state index contributed by atoms with van der Waals surface area (Å²) >= 11 is 0. The van der Waals surface area contributed by atoms with Crippen LogP contribution in [0.5, 0.6) is 0 Å². The van der Waals surface area contributed by atoms with Gasteiger partial charge in [-0.05, 0) is 19.3 Å². The van der Waals surface area contributed by atoms with Crippen LogP contribution in [0.4, 0.5) is 4.79 Å². The molecule has 27 heavy (non-hydrogen) atoms. The fraction of sp³-hybridized carbons (Fsp3) is 0.769. The van der Waals surface area contributed by atoms with Gasteiger partial charge >= 0.3 is 16.4 Å². The average Bonchev–Trinajstić information content (AvgIpc) is 2.76. The lowest BCUT2D eigenvalue weighted by Gasteiger charge is -2.35. The van der Waals surface area contributed by atoms with Crippen LogP contribution in [-0.2, 0) is 24.3 Å². The highest BCUT2D eigenvalue weighted by atomic mass is 32.3. The second-order valence-corrected chi connectivity index (χ2v) is 7.87. The second kappa shape index (κ2) is 6.87. The van der Waals surface area contributed by atoms with Crippen LogP contribution >= 0.6 is 0 Å². The van der Waals surface area contributed by atoms with E-state index in [1.54, 1.807) is 4.90 Å². The summed E-state index contributed by atoms with van der Waals surface area (Å²) in [7, 11) is -5.03. The van der Waals surface area contributed by atoms with Crippen LogP contribution in [0.25, 0.3) is 0 Å². The van der Waals surface area contributed by atoms with Crippen LogP contribution in [0.2, 0.25) is 0 Å². The van der Waals surface area contributed by atoms with Crippen molar-refractivity contribution in [3.8, 4) is 0 Å². The Hall–Kier alpha value is -2.00. The van der Waals surface area contributed by atoms with Crippen LogP contribution in [-0.4, -0.2) is 83.3 Å². The van der Waals surface area contributed by atoms with Gasteiger partial charge in [-0.1, -0.05) is 0 Å². The molecule has 3 aliphatic heterocycles. The summed E-state index contributed by atoms with van der Waals surface area (Å²) in [5, 5.41) is 7.44. The van der Waals surface area contributed by atoms with Gasteiger partial charge < -0.3 is 16.4 Å². The number of hydrogen-bond donors (Lipinski definition) is 4. The number of nitrogens with zero attached hydrogens (tertiary/aromatic N) is 3. The van der Waals surface area contributed by atoms with Crippen LogP contribution in [0.1, 0.15) is 25.7 Å². The molecule has 0 aliphatic carbocycles. The molecule has 3 amide bonds. The summed E-state index contributed by atoms with van der Waals surface area (Å²) in [4.78, 5) is 31.7. The normalized spacial score (nSPS) is 32.0. The molecule has 3 rings (SSSR count). The lowest BCUT2D eigenvalue weighted by molar-refractivity contribution is -1.18. The lowest BCUT2D eigenvalue weighted by Crippen LogP contribution is -2.58. The first-order valence-corrected chi connectivity index (χ1v) is 9.85. The predicted molar refractivity (Wildman–Crippen MR) is 88.6 cm³/mol. The van der Waals surface area contributed by atoms with Crippen LogP contribution in [0, 0.1) is 5.41 Å². The van der Waals surface area contributed by atoms with Crippen molar-refractivity contribution >= 4 is 28.3 Å². The van der Waals surface area contributed by atoms with Crippen molar-refractivity contribution in [2.24, 2.45) is 11.5 Å². The standard InChI is InChI=1S/C13H22N6O7S/c14-11(20)10-2-1-8-7-18(10)13(21)19(8,26-27(22,23)24)25-9-3-5-17(6-4-9)12(15)16/h8-10H,1-7H2,(H5-,14,15,16,20,22,23,24)/p+1/t8?,10-,19?/m0/s1. The molecule has 13 nitrogen and oxygen atoms in total. The topological polar surface area (TPSA) is 189 Å². The summed E-state index contributed by atoms with van der Waals surface area (Å²) in [5.41, 5.74) is 10.8. The number of fused-ring (bicyclic) bond motifs is 2. The number of quaternary nitrogens is 1. The van der Waals surface area contributed by atoms with Crippen molar-refractivity contribution < 1.29 is 36.5 Å².